The van der Waals surface area contributed by atoms with Gasteiger partial charge < -0.3 is 4.74 Å². The van der Waals surface area contributed by atoms with Gasteiger partial charge in [0.05, 0.1) is 17.8 Å². The van der Waals surface area contributed by atoms with E-state index >= 15 is 0 Å². The molecule has 0 bridgehead atoms. The summed E-state index contributed by atoms with van der Waals surface area (Å²) in [4.78, 5) is 16.9. The SMILES string of the molecule is COC(=O)c1cn2cc(-c3ccc(F)cc3Cl)nc2s1. The lowest BCUT2D eigenvalue weighted by Gasteiger charge is -1.99. The fourth-order valence-electron chi connectivity index (χ4n) is 1.82. The third-order valence-electron chi connectivity index (χ3n) is 2.75. The lowest BCUT2D eigenvalue weighted by atomic mass is 10.2. The summed E-state index contributed by atoms with van der Waals surface area (Å²) in [5.74, 6) is -0.797. The molecule has 0 radical (unpaired) electrons. The van der Waals surface area contributed by atoms with Crippen LogP contribution in [0.3, 0.4) is 0 Å². The molecule has 102 valence electrons. The summed E-state index contributed by atoms with van der Waals surface area (Å²) in [5, 5.41) is 0.295. The third kappa shape index (κ3) is 2.17. The lowest BCUT2D eigenvalue weighted by molar-refractivity contribution is 0.0606. The number of halogens is 2. The van der Waals surface area contributed by atoms with E-state index in [1.54, 1.807) is 22.9 Å². The Kier molecular flexibility index (Phi) is 3.19. The van der Waals surface area contributed by atoms with Gasteiger partial charge in [-0.15, -0.1) is 0 Å². The van der Waals surface area contributed by atoms with Crippen molar-refractivity contribution in [1.82, 2.24) is 9.38 Å². The van der Waals surface area contributed by atoms with E-state index < -0.39 is 11.8 Å². The van der Waals surface area contributed by atoms with Gasteiger partial charge in [-0.05, 0) is 18.2 Å². The molecule has 0 aliphatic carbocycles. The van der Waals surface area contributed by atoms with Crippen molar-refractivity contribution in [3.8, 4) is 11.3 Å². The van der Waals surface area contributed by atoms with Crippen LogP contribution in [0.15, 0.2) is 30.6 Å². The summed E-state index contributed by atoms with van der Waals surface area (Å²) in [6.07, 6.45) is 3.37. The van der Waals surface area contributed by atoms with E-state index in [1.807, 2.05) is 0 Å². The molecule has 3 rings (SSSR count). The molecule has 0 unspecified atom stereocenters. The first-order valence-corrected chi connectivity index (χ1v) is 6.80. The molecule has 4 nitrogen and oxygen atoms in total. The number of hydrogen-bond donors (Lipinski definition) is 0. The first-order chi connectivity index (χ1) is 9.58. The number of carbonyl (C=O) groups excluding carboxylic acids is 1. The van der Waals surface area contributed by atoms with Crippen LogP contribution in [0.5, 0.6) is 0 Å². The number of methoxy groups -OCH3 is 1. The second-order valence-corrected chi connectivity index (χ2v) is 5.44. The van der Waals surface area contributed by atoms with Crippen molar-refractivity contribution in [2.45, 2.75) is 0 Å². The molecular weight excluding hydrogens is 303 g/mol. The second-order valence-electron chi connectivity index (χ2n) is 4.03. The average molecular weight is 311 g/mol. The normalized spacial score (nSPS) is 10.9. The first kappa shape index (κ1) is 13.1. The van der Waals surface area contributed by atoms with E-state index in [-0.39, 0.29) is 0 Å². The van der Waals surface area contributed by atoms with E-state index in [2.05, 4.69) is 9.72 Å². The molecule has 1 aromatic carbocycles. The Labute approximate surface area is 122 Å². The molecule has 0 saturated heterocycles. The number of ether oxygens (including phenoxy) is 1. The van der Waals surface area contributed by atoms with Gasteiger partial charge in [0, 0.05) is 18.0 Å². The van der Waals surface area contributed by atoms with Crippen molar-refractivity contribution in [1.29, 1.82) is 0 Å². The topological polar surface area (TPSA) is 43.6 Å². The minimum absolute atomic E-state index is 0.295. The Bertz CT molecular complexity index is 780. The molecule has 7 heteroatoms. The molecule has 0 aliphatic rings. The van der Waals surface area contributed by atoms with Crippen LogP contribution in [0.1, 0.15) is 9.67 Å². The molecule has 0 fully saturated rings. The zero-order valence-corrected chi connectivity index (χ0v) is 11.8. The Hall–Kier alpha value is -1.92. The van der Waals surface area contributed by atoms with E-state index in [0.717, 1.165) is 0 Å². The van der Waals surface area contributed by atoms with E-state index in [1.165, 1.54) is 30.6 Å². The van der Waals surface area contributed by atoms with Crippen LogP contribution in [0, 0.1) is 5.82 Å². The highest BCUT2D eigenvalue weighted by Gasteiger charge is 2.14. The predicted octanol–water partition coefficient (Wildman–Crippen LogP) is 3.64. The summed E-state index contributed by atoms with van der Waals surface area (Å²) in [5.41, 5.74) is 1.27. The zero-order valence-electron chi connectivity index (χ0n) is 10.3. The number of thiazole rings is 1. The van der Waals surface area contributed by atoms with Crippen LogP contribution < -0.4 is 0 Å². The Balaban J connectivity index is 2.05. The number of fused-ring (bicyclic) bond motifs is 1. The van der Waals surface area contributed by atoms with Gasteiger partial charge in [-0.2, -0.15) is 0 Å². The van der Waals surface area contributed by atoms with Crippen molar-refractivity contribution in [3.05, 3.63) is 46.3 Å². The van der Waals surface area contributed by atoms with Crippen molar-refractivity contribution in [2.75, 3.05) is 7.11 Å². The summed E-state index contributed by atoms with van der Waals surface area (Å²) in [6, 6.07) is 4.14. The van der Waals surface area contributed by atoms with Gasteiger partial charge in [-0.3, -0.25) is 4.40 Å². The summed E-state index contributed by atoms with van der Waals surface area (Å²) in [7, 11) is 1.33. The maximum atomic E-state index is 13.0. The lowest BCUT2D eigenvalue weighted by Crippen LogP contribution is -1.97. The molecule has 0 amide bonds. The molecule has 0 N–H and O–H groups in total. The maximum Gasteiger partial charge on any atom is 0.349 e. The Morgan fingerprint density at radius 3 is 2.90 bits per heavy atom. The highest BCUT2D eigenvalue weighted by atomic mass is 35.5. The first-order valence-electron chi connectivity index (χ1n) is 5.61. The van der Waals surface area contributed by atoms with Crippen LogP contribution in [0.25, 0.3) is 16.2 Å². The summed E-state index contributed by atoms with van der Waals surface area (Å²) in [6.45, 7) is 0. The van der Waals surface area contributed by atoms with Crippen LogP contribution in [0.2, 0.25) is 5.02 Å². The fourth-order valence-corrected chi connectivity index (χ4v) is 2.97. The highest BCUT2D eigenvalue weighted by molar-refractivity contribution is 7.18. The van der Waals surface area contributed by atoms with Crippen LogP contribution in [-0.2, 0) is 4.74 Å². The second kappa shape index (κ2) is 4.88. The molecule has 0 atom stereocenters. The van der Waals surface area contributed by atoms with Crippen molar-refractivity contribution in [3.63, 3.8) is 0 Å². The number of benzene rings is 1. The van der Waals surface area contributed by atoms with Gasteiger partial charge in [0.1, 0.15) is 10.7 Å². The van der Waals surface area contributed by atoms with Crippen molar-refractivity contribution in [2.24, 2.45) is 0 Å². The number of hydrogen-bond acceptors (Lipinski definition) is 4. The van der Waals surface area contributed by atoms with Crippen LogP contribution in [-0.4, -0.2) is 22.5 Å². The molecule has 0 saturated carbocycles. The number of rotatable bonds is 2. The highest BCUT2D eigenvalue weighted by Crippen LogP contribution is 2.29. The molecular formula is C13H8ClFN2O2S. The van der Waals surface area contributed by atoms with Gasteiger partial charge in [0.2, 0.25) is 0 Å². The number of carbonyl (C=O) groups is 1. The van der Waals surface area contributed by atoms with Gasteiger partial charge in [0.25, 0.3) is 0 Å². The zero-order chi connectivity index (χ0) is 14.3. The molecule has 3 aromatic rings. The minimum atomic E-state index is -0.401. The summed E-state index contributed by atoms with van der Waals surface area (Å²) >= 11 is 7.22. The van der Waals surface area contributed by atoms with Crippen LogP contribution >= 0.6 is 22.9 Å². The minimum Gasteiger partial charge on any atom is -0.465 e. The predicted molar refractivity (Wildman–Crippen MR) is 74.8 cm³/mol. The average Bonchev–Trinajstić information content (AvgIpc) is 2.95. The molecule has 2 heterocycles. The van der Waals surface area contributed by atoms with Gasteiger partial charge in [0.15, 0.2) is 4.96 Å². The molecule has 0 aliphatic heterocycles. The van der Waals surface area contributed by atoms with Crippen LogP contribution in [0.4, 0.5) is 4.39 Å². The molecule has 2 aromatic heterocycles. The Morgan fingerprint density at radius 1 is 1.45 bits per heavy atom. The van der Waals surface area contributed by atoms with Crippen molar-refractivity contribution < 1.29 is 13.9 Å². The third-order valence-corrected chi connectivity index (χ3v) is 4.04. The Morgan fingerprint density at radius 2 is 2.25 bits per heavy atom. The fraction of sp³-hybridized carbons (Fsp3) is 0.0769. The quantitative estimate of drug-likeness (QED) is 0.679. The van der Waals surface area contributed by atoms with Crippen molar-refractivity contribution >= 4 is 33.9 Å². The number of nitrogens with zero attached hydrogens (tertiary/aromatic N) is 2. The van der Waals surface area contributed by atoms with E-state index in [9.17, 15) is 9.18 Å². The van der Waals surface area contributed by atoms with E-state index in [0.29, 0.717) is 26.1 Å². The maximum absolute atomic E-state index is 13.0. The van der Waals surface area contributed by atoms with Gasteiger partial charge in [-0.1, -0.05) is 22.9 Å². The van der Waals surface area contributed by atoms with Gasteiger partial charge in [-0.25, -0.2) is 14.2 Å². The smallest absolute Gasteiger partial charge is 0.349 e. The van der Waals surface area contributed by atoms with E-state index in [4.69, 9.17) is 11.6 Å². The monoisotopic (exact) mass is 310 g/mol. The number of imidazole rings is 1. The number of aromatic nitrogens is 2. The van der Waals surface area contributed by atoms with Gasteiger partial charge >= 0.3 is 5.97 Å². The summed E-state index contributed by atoms with van der Waals surface area (Å²) < 4.78 is 19.4. The largest absolute Gasteiger partial charge is 0.465 e. The molecule has 20 heavy (non-hydrogen) atoms. The molecule has 0 spiro atoms. The number of esters is 1. The standard InChI is InChI=1S/C13H8ClFN2O2S/c1-19-12(18)11-6-17-5-10(16-13(17)20-11)8-3-2-7(15)4-9(8)14/h2-6H,1H3.